The third kappa shape index (κ3) is 3.82. The highest BCUT2D eigenvalue weighted by molar-refractivity contribution is 6.15. The molecule has 27 heavy (non-hydrogen) atoms. The Labute approximate surface area is 159 Å². The molecule has 1 atom stereocenters. The summed E-state index contributed by atoms with van der Waals surface area (Å²) in [7, 11) is 1.86. The minimum absolute atomic E-state index is 0.161. The van der Waals surface area contributed by atoms with E-state index in [1.165, 1.54) is 0 Å². The highest BCUT2D eigenvalue weighted by Crippen LogP contribution is 2.19. The van der Waals surface area contributed by atoms with Gasteiger partial charge in [-0.1, -0.05) is 48.0 Å². The van der Waals surface area contributed by atoms with Crippen molar-refractivity contribution in [2.24, 2.45) is 7.05 Å². The maximum absolute atomic E-state index is 12.9. The van der Waals surface area contributed by atoms with Crippen LogP contribution in [-0.4, -0.2) is 21.5 Å². The van der Waals surface area contributed by atoms with E-state index in [0.717, 1.165) is 16.8 Å². The Morgan fingerprint density at radius 3 is 2.22 bits per heavy atom. The lowest BCUT2D eigenvalue weighted by Gasteiger charge is -2.15. The Morgan fingerprint density at radius 1 is 1.00 bits per heavy atom. The first-order valence-corrected chi connectivity index (χ1v) is 8.88. The van der Waals surface area contributed by atoms with E-state index in [9.17, 15) is 9.59 Å². The molecule has 3 aromatic rings. The van der Waals surface area contributed by atoms with E-state index >= 15 is 0 Å². The summed E-state index contributed by atoms with van der Waals surface area (Å²) in [6, 6.07) is 14.0. The van der Waals surface area contributed by atoms with Crippen molar-refractivity contribution in [3.8, 4) is 0 Å². The Balaban J connectivity index is 1.86. The predicted octanol–water partition coefficient (Wildman–Crippen LogP) is 3.76. The van der Waals surface area contributed by atoms with Crippen LogP contribution in [0.25, 0.3) is 0 Å². The third-order valence-corrected chi connectivity index (χ3v) is 4.82. The van der Waals surface area contributed by atoms with E-state index in [1.54, 1.807) is 47.3 Å². The molecule has 138 valence electrons. The number of ketones is 1. The first kappa shape index (κ1) is 18.6. The van der Waals surface area contributed by atoms with Gasteiger partial charge in [-0.3, -0.25) is 14.3 Å². The summed E-state index contributed by atoms with van der Waals surface area (Å²) in [6.45, 7) is 5.84. The van der Waals surface area contributed by atoms with Gasteiger partial charge < -0.3 is 5.32 Å². The molecular weight excluding hydrogens is 338 g/mol. The number of hydrogen-bond donors (Lipinski definition) is 1. The van der Waals surface area contributed by atoms with Crippen LogP contribution in [0.4, 0.5) is 0 Å². The zero-order valence-corrected chi connectivity index (χ0v) is 16.0. The molecule has 0 aliphatic heterocycles. The van der Waals surface area contributed by atoms with Gasteiger partial charge in [-0.2, -0.15) is 5.10 Å². The Hall–Kier alpha value is -3.21. The molecule has 1 N–H and O–H groups in total. The number of amides is 1. The van der Waals surface area contributed by atoms with Crippen molar-refractivity contribution >= 4 is 11.7 Å². The van der Waals surface area contributed by atoms with Gasteiger partial charge in [-0.25, -0.2) is 0 Å². The molecule has 1 aromatic heterocycles. The molecule has 1 heterocycles. The number of rotatable bonds is 5. The van der Waals surface area contributed by atoms with Gasteiger partial charge in [0.15, 0.2) is 5.78 Å². The second kappa shape index (κ2) is 7.58. The van der Waals surface area contributed by atoms with Gasteiger partial charge in [0.25, 0.3) is 5.91 Å². The summed E-state index contributed by atoms with van der Waals surface area (Å²) in [5.74, 6) is -0.437. The molecule has 0 saturated heterocycles. The zero-order valence-electron chi connectivity index (χ0n) is 16.0. The standard InChI is InChI=1S/C22H23N3O2/c1-14-9-11-17(12-10-14)21(26)18-7-5-6-8-19(18)22(27)24-15(2)20-13-23-25(4)16(20)3/h5-13,15H,1-4H3,(H,24,27). The van der Waals surface area contributed by atoms with Crippen LogP contribution in [0.2, 0.25) is 0 Å². The molecule has 3 rings (SSSR count). The van der Waals surface area contributed by atoms with Crippen molar-refractivity contribution in [2.75, 3.05) is 0 Å². The van der Waals surface area contributed by atoms with Crippen LogP contribution in [-0.2, 0) is 7.05 Å². The third-order valence-electron chi connectivity index (χ3n) is 4.82. The predicted molar refractivity (Wildman–Crippen MR) is 105 cm³/mol. The molecule has 0 fully saturated rings. The molecule has 0 saturated carbocycles. The minimum Gasteiger partial charge on any atom is -0.345 e. The second-order valence-corrected chi connectivity index (χ2v) is 6.74. The van der Waals surface area contributed by atoms with Crippen molar-refractivity contribution in [1.29, 1.82) is 0 Å². The van der Waals surface area contributed by atoms with Crippen molar-refractivity contribution < 1.29 is 9.59 Å². The van der Waals surface area contributed by atoms with Gasteiger partial charge in [0.1, 0.15) is 0 Å². The number of aryl methyl sites for hydroxylation is 2. The van der Waals surface area contributed by atoms with E-state index in [2.05, 4.69) is 10.4 Å². The van der Waals surface area contributed by atoms with Crippen molar-refractivity contribution in [1.82, 2.24) is 15.1 Å². The van der Waals surface area contributed by atoms with E-state index < -0.39 is 0 Å². The average molecular weight is 361 g/mol. The highest BCUT2D eigenvalue weighted by atomic mass is 16.2. The largest absolute Gasteiger partial charge is 0.345 e. The van der Waals surface area contributed by atoms with E-state index in [1.807, 2.05) is 40.0 Å². The normalized spacial score (nSPS) is 11.9. The number of carbonyl (C=O) groups is 2. The lowest BCUT2D eigenvalue weighted by Crippen LogP contribution is -2.28. The second-order valence-electron chi connectivity index (χ2n) is 6.74. The number of nitrogens with one attached hydrogen (secondary N) is 1. The molecule has 0 aliphatic carbocycles. The lowest BCUT2D eigenvalue weighted by atomic mass is 9.97. The van der Waals surface area contributed by atoms with E-state index in [4.69, 9.17) is 0 Å². The SMILES string of the molecule is Cc1ccc(C(=O)c2ccccc2C(=O)NC(C)c2cnn(C)c2C)cc1. The molecule has 0 spiro atoms. The molecule has 1 unspecified atom stereocenters. The number of carbonyl (C=O) groups excluding carboxylic acids is 2. The van der Waals surface area contributed by atoms with Crippen LogP contribution in [0.15, 0.2) is 54.7 Å². The van der Waals surface area contributed by atoms with Gasteiger partial charge in [0, 0.05) is 29.4 Å². The van der Waals surface area contributed by atoms with Crippen molar-refractivity contribution in [3.63, 3.8) is 0 Å². The van der Waals surface area contributed by atoms with Crippen LogP contribution in [0.3, 0.4) is 0 Å². The number of hydrogen-bond acceptors (Lipinski definition) is 3. The monoisotopic (exact) mass is 361 g/mol. The van der Waals surface area contributed by atoms with Gasteiger partial charge in [-0.15, -0.1) is 0 Å². The van der Waals surface area contributed by atoms with Gasteiger partial charge in [-0.05, 0) is 26.8 Å². The summed E-state index contributed by atoms with van der Waals surface area (Å²) in [6.07, 6.45) is 1.75. The highest BCUT2D eigenvalue weighted by Gasteiger charge is 2.21. The first-order chi connectivity index (χ1) is 12.9. The number of nitrogens with zero attached hydrogens (tertiary/aromatic N) is 2. The quantitative estimate of drug-likeness (QED) is 0.704. The van der Waals surface area contributed by atoms with Gasteiger partial charge in [0.05, 0.1) is 17.8 Å². The minimum atomic E-state index is -0.276. The number of benzene rings is 2. The summed E-state index contributed by atoms with van der Waals surface area (Å²) in [5, 5.41) is 7.20. The lowest BCUT2D eigenvalue weighted by molar-refractivity contribution is 0.0929. The average Bonchev–Trinajstić information content (AvgIpc) is 3.00. The molecule has 5 heteroatoms. The maximum Gasteiger partial charge on any atom is 0.252 e. The topological polar surface area (TPSA) is 64.0 Å². The van der Waals surface area contributed by atoms with Crippen molar-refractivity contribution in [3.05, 3.63) is 88.2 Å². The molecule has 0 bridgehead atoms. The summed E-state index contributed by atoms with van der Waals surface area (Å²) in [4.78, 5) is 25.8. The fraction of sp³-hybridized carbons (Fsp3) is 0.227. The molecule has 0 radical (unpaired) electrons. The molecule has 5 nitrogen and oxygen atoms in total. The zero-order chi connectivity index (χ0) is 19.6. The Kier molecular flexibility index (Phi) is 5.21. The van der Waals surface area contributed by atoms with Crippen LogP contribution >= 0.6 is 0 Å². The van der Waals surface area contributed by atoms with Crippen molar-refractivity contribution in [2.45, 2.75) is 26.8 Å². The Bertz CT molecular complexity index is 987. The van der Waals surface area contributed by atoms with Gasteiger partial charge >= 0.3 is 0 Å². The maximum atomic E-state index is 12.9. The van der Waals surface area contributed by atoms with Gasteiger partial charge in [0.2, 0.25) is 0 Å². The Morgan fingerprint density at radius 2 is 1.63 bits per heavy atom. The fourth-order valence-electron chi connectivity index (χ4n) is 3.03. The van der Waals surface area contributed by atoms with Crippen LogP contribution in [0, 0.1) is 13.8 Å². The van der Waals surface area contributed by atoms with E-state index in [-0.39, 0.29) is 17.7 Å². The van der Waals surface area contributed by atoms with E-state index in [0.29, 0.717) is 16.7 Å². The van der Waals surface area contributed by atoms with Crippen LogP contribution < -0.4 is 5.32 Å². The molecule has 2 aromatic carbocycles. The van der Waals surface area contributed by atoms with Crippen LogP contribution in [0.1, 0.15) is 56.1 Å². The summed E-state index contributed by atoms with van der Waals surface area (Å²) < 4.78 is 1.77. The number of aromatic nitrogens is 2. The fourth-order valence-corrected chi connectivity index (χ4v) is 3.03. The summed E-state index contributed by atoms with van der Waals surface area (Å²) >= 11 is 0. The molecular formula is C22H23N3O2. The smallest absolute Gasteiger partial charge is 0.252 e. The molecule has 1 amide bonds. The van der Waals surface area contributed by atoms with Crippen LogP contribution in [0.5, 0.6) is 0 Å². The summed E-state index contributed by atoms with van der Waals surface area (Å²) in [5.41, 5.74) is 4.36. The molecule has 0 aliphatic rings. The first-order valence-electron chi connectivity index (χ1n) is 8.88.